The molecule has 1 aliphatic rings. The van der Waals surface area contributed by atoms with Gasteiger partial charge in [0.1, 0.15) is 12.3 Å². The standard InChI is InChI=1S/C12H20N4O4/c1-7-12(16-20-15-7)19-5-4-14-11(18)8-2-3-9(13)10(17)6-8/h8-10,17H,2-6,13H2,1H3,(H,14,18)/t8-,9+,10+/m0/s1. The predicted molar refractivity (Wildman–Crippen MR) is 68.9 cm³/mol. The van der Waals surface area contributed by atoms with Gasteiger partial charge < -0.3 is 20.9 Å². The molecule has 1 aromatic heterocycles. The SMILES string of the molecule is Cc1nonc1OCCNC(=O)[C@H]1CC[C@@H](N)[C@H](O)C1. The lowest BCUT2D eigenvalue weighted by Crippen LogP contribution is -2.45. The highest BCUT2D eigenvalue weighted by Gasteiger charge is 2.30. The maximum Gasteiger partial charge on any atom is 0.278 e. The first-order valence-electron chi connectivity index (χ1n) is 6.71. The van der Waals surface area contributed by atoms with Crippen molar-refractivity contribution in [1.82, 2.24) is 15.6 Å². The number of aliphatic hydroxyl groups excluding tert-OH is 1. The molecule has 1 heterocycles. The third kappa shape index (κ3) is 3.67. The van der Waals surface area contributed by atoms with Crippen molar-refractivity contribution in [2.24, 2.45) is 11.7 Å². The van der Waals surface area contributed by atoms with E-state index >= 15 is 0 Å². The topological polar surface area (TPSA) is 124 Å². The summed E-state index contributed by atoms with van der Waals surface area (Å²) < 4.78 is 9.79. The molecule has 2 rings (SSSR count). The summed E-state index contributed by atoms with van der Waals surface area (Å²) in [6.45, 7) is 2.37. The molecule has 1 saturated carbocycles. The maximum absolute atomic E-state index is 11.9. The largest absolute Gasteiger partial charge is 0.472 e. The Kier molecular flexibility index (Phi) is 4.91. The van der Waals surface area contributed by atoms with E-state index in [2.05, 4.69) is 20.3 Å². The lowest BCUT2D eigenvalue weighted by atomic mass is 9.84. The van der Waals surface area contributed by atoms with Crippen molar-refractivity contribution in [1.29, 1.82) is 0 Å². The second-order valence-electron chi connectivity index (χ2n) is 5.04. The van der Waals surface area contributed by atoms with E-state index in [1.165, 1.54) is 0 Å². The zero-order valence-corrected chi connectivity index (χ0v) is 11.4. The molecule has 0 unspecified atom stereocenters. The van der Waals surface area contributed by atoms with Crippen LogP contribution in [0, 0.1) is 12.8 Å². The fraction of sp³-hybridized carbons (Fsp3) is 0.750. The Morgan fingerprint density at radius 1 is 1.55 bits per heavy atom. The molecule has 0 radical (unpaired) electrons. The van der Waals surface area contributed by atoms with Gasteiger partial charge in [-0.2, -0.15) is 0 Å². The molecule has 3 atom stereocenters. The number of ether oxygens (including phenoxy) is 1. The molecule has 8 nitrogen and oxygen atoms in total. The van der Waals surface area contributed by atoms with Gasteiger partial charge in [0.05, 0.1) is 12.6 Å². The molecule has 4 N–H and O–H groups in total. The average Bonchev–Trinajstić information content (AvgIpc) is 2.83. The number of nitrogens with two attached hydrogens (primary N) is 1. The summed E-state index contributed by atoms with van der Waals surface area (Å²) >= 11 is 0. The normalized spacial score (nSPS) is 26.2. The summed E-state index contributed by atoms with van der Waals surface area (Å²) in [5.74, 6) is 0.0770. The number of nitrogens with zero attached hydrogens (tertiary/aromatic N) is 2. The van der Waals surface area contributed by atoms with Gasteiger partial charge in [-0.05, 0) is 31.3 Å². The van der Waals surface area contributed by atoms with Crippen LogP contribution in [-0.4, -0.2) is 46.6 Å². The van der Waals surface area contributed by atoms with Crippen LogP contribution >= 0.6 is 0 Å². The smallest absolute Gasteiger partial charge is 0.278 e. The van der Waals surface area contributed by atoms with Gasteiger partial charge in [0.25, 0.3) is 5.88 Å². The third-order valence-electron chi connectivity index (χ3n) is 3.49. The minimum atomic E-state index is -0.598. The van der Waals surface area contributed by atoms with Crippen LogP contribution < -0.4 is 15.8 Å². The van der Waals surface area contributed by atoms with E-state index in [-0.39, 0.29) is 24.5 Å². The van der Waals surface area contributed by atoms with E-state index in [4.69, 9.17) is 10.5 Å². The van der Waals surface area contributed by atoms with E-state index in [0.29, 0.717) is 37.4 Å². The number of carbonyl (C=O) groups excluding carboxylic acids is 1. The van der Waals surface area contributed by atoms with E-state index in [0.717, 1.165) is 0 Å². The van der Waals surface area contributed by atoms with Crippen molar-refractivity contribution >= 4 is 5.91 Å². The number of hydrogen-bond acceptors (Lipinski definition) is 7. The summed E-state index contributed by atoms with van der Waals surface area (Å²) in [6.07, 6.45) is 1.19. The fourth-order valence-corrected chi connectivity index (χ4v) is 2.23. The van der Waals surface area contributed by atoms with Crippen molar-refractivity contribution in [2.45, 2.75) is 38.3 Å². The van der Waals surface area contributed by atoms with Crippen molar-refractivity contribution < 1.29 is 19.3 Å². The number of nitrogens with one attached hydrogen (secondary N) is 1. The summed E-state index contributed by atoms with van der Waals surface area (Å²) in [5, 5.41) is 19.6. The molecule has 0 aromatic carbocycles. The molecule has 8 heteroatoms. The Morgan fingerprint density at radius 2 is 2.35 bits per heavy atom. The van der Waals surface area contributed by atoms with Gasteiger partial charge >= 0.3 is 0 Å². The van der Waals surface area contributed by atoms with Crippen LogP contribution in [0.1, 0.15) is 25.0 Å². The van der Waals surface area contributed by atoms with Gasteiger partial charge in [-0.1, -0.05) is 5.16 Å². The first-order valence-corrected chi connectivity index (χ1v) is 6.71. The van der Waals surface area contributed by atoms with E-state index in [9.17, 15) is 9.90 Å². The van der Waals surface area contributed by atoms with Crippen molar-refractivity contribution in [2.75, 3.05) is 13.2 Å². The van der Waals surface area contributed by atoms with E-state index in [1.807, 2.05) is 0 Å². The van der Waals surface area contributed by atoms with Crippen molar-refractivity contribution in [3.63, 3.8) is 0 Å². The quantitative estimate of drug-likeness (QED) is 0.614. The number of rotatable bonds is 5. The zero-order valence-electron chi connectivity index (χ0n) is 11.4. The molecule has 0 aliphatic heterocycles. The number of aliphatic hydroxyl groups is 1. The molecule has 20 heavy (non-hydrogen) atoms. The predicted octanol–water partition coefficient (Wildman–Crippen LogP) is -0.639. The van der Waals surface area contributed by atoms with Gasteiger partial charge in [-0.25, -0.2) is 4.63 Å². The van der Waals surface area contributed by atoms with Gasteiger partial charge in [0, 0.05) is 12.0 Å². The van der Waals surface area contributed by atoms with E-state index in [1.54, 1.807) is 6.92 Å². The van der Waals surface area contributed by atoms with Crippen molar-refractivity contribution in [3.05, 3.63) is 5.69 Å². The Labute approximate surface area is 116 Å². The highest BCUT2D eigenvalue weighted by molar-refractivity contribution is 5.78. The van der Waals surface area contributed by atoms with Crippen molar-refractivity contribution in [3.8, 4) is 5.88 Å². The van der Waals surface area contributed by atoms with Gasteiger partial charge in [-0.15, -0.1) is 0 Å². The number of aryl methyl sites for hydroxylation is 1. The summed E-state index contributed by atoms with van der Waals surface area (Å²) in [7, 11) is 0. The summed E-state index contributed by atoms with van der Waals surface area (Å²) in [4.78, 5) is 11.9. The molecule has 1 aliphatic carbocycles. The molecule has 1 fully saturated rings. The molecular formula is C12H20N4O4. The molecular weight excluding hydrogens is 264 g/mol. The minimum absolute atomic E-state index is 0.0745. The molecule has 1 aromatic rings. The maximum atomic E-state index is 11.9. The molecule has 0 saturated heterocycles. The lowest BCUT2D eigenvalue weighted by molar-refractivity contribution is -0.127. The Hall–Kier alpha value is -1.67. The Morgan fingerprint density at radius 3 is 3.00 bits per heavy atom. The first kappa shape index (κ1) is 14.7. The van der Waals surface area contributed by atoms with Crippen LogP contribution in [0.4, 0.5) is 0 Å². The minimum Gasteiger partial charge on any atom is -0.472 e. The number of aromatic nitrogens is 2. The molecule has 0 spiro atoms. The molecule has 112 valence electrons. The Bertz CT molecular complexity index is 450. The Balaban J connectivity index is 1.66. The molecule has 0 bridgehead atoms. The molecule has 1 amide bonds. The third-order valence-corrected chi connectivity index (χ3v) is 3.49. The fourth-order valence-electron chi connectivity index (χ4n) is 2.23. The zero-order chi connectivity index (χ0) is 14.5. The highest BCUT2D eigenvalue weighted by Crippen LogP contribution is 2.23. The number of hydrogen-bond donors (Lipinski definition) is 3. The van der Waals surface area contributed by atoms with Crippen LogP contribution in [0.3, 0.4) is 0 Å². The summed E-state index contributed by atoms with van der Waals surface area (Å²) in [5.41, 5.74) is 6.28. The van der Waals surface area contributed by atoms with Crippen LogP contribution in [-0.2, 0) is 4.79 Å². The highest BCUT2D eigenvalue weighted by atomic mass is 16.6. The van der Waals surface area contributed by atoms with Crippen LogP contribution in [0.15, 0.2) is 4.63 Å². The van der Waals surface area contributed by atoms with Gasteiger partial charge in [0.15, 0.2) is 0 Å². The van der Waals surface area contributed by atoms with Gasteiger partial charge in [0.2, 0.25) is 5.91 Å². The number of carbonyl (C=O) groups is 1. The summed E-state index contributed by atoms with van der Waals surface area (Å²) in [6, 6.07) is -0.218. The average molecular weight is 284 g/mol. The monoisotopic (exact) mass is 284 g/mol. The second-order valence-corrected chi connectivity index (χ2v) is 5.04. The first-order chi connectivity index (χ1) is 9.58. The van der Waals surface area contributed by atoms with E-state index < -0.39 is 6.10 Å². The number of amides is 1. The van der Waals surface area contributed by atoms with Gasteiger partial charge in [-0.3, -0.25) is 4.79 Å². The van der Waals surface area contributed by atoms with Crippen LogP contribution in [0.2, 0.25) is 0 Å². The van der Waals surface area contributed by atoms with Crippen LogP contribution in [0.25, 0.3) is 0 Å². The van der Waals surface area contributed by atoms with Crippen LogP contribution in [0.5, 0.6) is 5.88 Å². The lowest BCUT2D eigenvalue weighted by Gasteiger charge is -2.29. The second kappa shape index (κ2) is 6.67.